The lowest BCUT2D eigenvalue weighted by Gasteiger charge is -2.36. The van der Waals surface area contributed by atoms with Gasteiger partial charge in [-0.3, -0.25) is 9.59 Å². The number of para-hydroxylation sites is 1. The highest BCUT2D eigenvalue weighted by atomic mass is 35.5. The fourth-order valence-electron chi connectivity index (χ4n) is 3.66. The first-order valence-electron chi connectivity index (χ1n) is 9.17. The number of ketones is 1. The third-order valence-electron chi connectivity index (χ3n) is 5.04. The van der Waals surface area contributed by atoms with Gasteiger partial charge in [0, 0.05) is 18.7 Å². The van der Waals surface area contributed by atoms with Crippen molar-refractivity contribution >= 4 is 50.5 Å². The van der Waals surface area contributed by atoms with E-state index in [0.717, 1.165) is 10.2 Å². The van der Waals surface area contributed by atoms with Crippen molar-refractivity contribution in [2.75, 3.05) is 5.88 Å². The summed E-state index contributed by atoms with van der Waals surface area (Å²) in [5.41, 5.74) is 1.44. The number of nitrogens with zero attached hydrogens (tertiary/aromatic N) is 1. The number of allylic oxidation sites excluding steroid dienone is 1. The summed E-state index contributed by atoms with van der Waals surface area (Å²) in [6.07, 6.45) is 3.92. The SMILES string of the molecule is O=C(CCCCl)OC1CCC2C(=O)C(c3nc4ccccc4s3)=COC2C1. The van der Waals surface area contributed by atoms with Gasteiger partial charge in [0.15, 0.2) is 5.78 Å². The average Bonchev–Trinajstić information content (AvgIpc) is 3.10. The summed E-state index contributed by atoms with van der Waals surface area (Å²) in [4.78, 5) is 29.4. The van der Waals surface area contributed by atoms with Crippen LogP contribution in [0.1, 0.15) is 37.1 Å². The molecule has 7 heteroatoms. The van der Waals surface area contributed by atoms with Gasteiger partial charge in [-0.1, -0.05) is 12.1 Å². The first-order valence-corrected chi connectivity index (χ1v) is 10.5. The van der Waals surface area contributed by atoms with Crippen molar-refractivity contribution in [3.05, 3.63) is 35.5 Å². The zero-order valence-electron chi connectivity index (χ0n) is 14.7. The Kier molecular flexibility index (Phi) is 5.45. The zero-order valence-corrected chi connectivity index (χ0v) is 16.3. The van der Waals surface area contributed by atoms with Crippen LogP contribution in [0.25, 0.3) is 15.8 Å². The van der Waals surface area contributed by atoms with Crippen molar-refractivity contribution in [3.63, 3.8) is 0 Å². The second kappa shape index (κ2) is 7.98. The number of benzene rings is 1. The molecule has 2 aliphatic rings. The Morgan fingerprint density at radius 2 is 2.19 bits per heavy atom. The van der Waals surface area contributed by atoms with Gasteiger partial charge in [-0.05, 0) is 31.4 Å². The summed E-state index contributed by atoms with van der Waals surface area (Å²) >= 11 is 7.11. The van der Waals surface area contributed by atoms with Crippen LogP contribution < -0.4 is 0 Å². The molecule has 3 atom stereocenters. The van der Waals surface area contributed by atoms with E-state index in [2.05, 4.69) is 4.98 Å². The molecular formula is C20H20ClNO4S. The van der Waals surface area contributed by atoms with Crippen molar-refractivity contribution in [1.82, 2.24) is 4.98 Å². The fourth-order valence-corrected chi connectivity index (χ4v) is 4.77. The number of ether oxygens (including phenoxy) is 2. The highest BCUT2D eigenvalue weighted by Gasteiger charge is 2.42. The molecule has 0 amide bonds. The maximum atomic E-state index is 13.0. The molecule has 1 aromatic heterocycles. The normalized spacial score (nSPS) is 24.9. The second-order valence-electron chi connectivity index (χ2n) is 6.88. The predicted molar refractivity (Wildman–Crippen MR) is 105 cm³/mol. The van der Waals surface area contributed by atoms with Gasteiger partial charge in [-0.2, -0.15) is 0 Å². The number of halogens is 1. The predicted octanol–water partition coefficient (Wildman–Crippen LogP) is 4.34. The van der Waals surface area contributed by atoms with E-state index >= 15 is 0 Å². The van der Waals surface area contributed by atoms with Crippen LogP contribution >= 0.6 is 22.9 Å². The summed E-state index contributed by atoms with van der Waals surface area (Å²) < 4.78 is 12.4. The number of carbonyl (C=O) groups is 2. The van der Waals surface area contributed by atoms with Gasteiger partial charge in [-0.15, -0.1) is 22.9 Å². The van der Waals surface area contributed by atoms with E-state index in [1.807, 2.05) is 24.3 Å². The third kappa shape index (κ3) is 3.87. The number of esters is 1. The molecule has 1 aliphatic heterocycles. The molecule has 1 fully saturated rings. The maximum absolute atomic E-state index is 13.0. The Labute approximate surface area is 166 Å². The van der Waals surface area contributed by atoms with Gasteiger partial charge in [0.1, 0.15) is 17.2 Å². The smallest absolute Gasteiger partial charge is 0.306 e. The molecule has 1 aliphatic carbocycles. The van der Waals surface area contributed by atoms with Crippen LogP contribution in [0.5, 0.6) is 0 Å². The molecule has 4 rings (SSSR count). The van der Waals surface area contributed by atoms with Gasteiger partial charge in [0.05, 0.1) is 28.0 Å². The van der Waals surface area contributed by atoms with E-state index in [-0.39, 0.29) is 29.9 Å². The number of rotatable bonds is 5. The second-order valence-corrected chi connectivity index (χ2v) is 8.29. The van der Waals surface area contributed by atoms with Crippen molar-refractivity contribution in [1.29, 1.82) is 0 Å². The van der Waals surface area contributed by atoms with Gasteiger partial charge in [0.25, 0.3) is 0 Å². The summed E-state index contributed by atoms with van der Waals surface area (Å²) in [6.45, 7) is 0. The minimum atomic E-state index is -0.241. The van der Waals surface area contributed by atoms with Crippen LogP contribution in [-0.4, -0.2) is 34.8 Å². The number of fused-ring (bicyclic) bond motifs is 2. The molecule has 142 valence electrons. The number of hydrogen-bond donors (Lipinski definition) is 0. The first kappa shape index (κ1) is 18.4. The average molecular weight is 406 g/mol. The quantitative estimate of drug-likeness (QED) is 0.547. The molecule has 0 N–H and O–H groups in total. The Balaban J connectivity index is 1.45. The van der Waals surface area contributed by atoms with Crippen molar-refractivity contribution in [2.45, 2.75) is 44.3 Å². The van der Waals surface area contributed by atoms with E-state index < -0.39 is 0 Å². The van der Waals surface area contributed by atoms with Crippen LogP contribution in [0.2, 0.25) is 0 Å². The Bertz CT molecular complexity index is 860. The summed E-state index contributed by atoms with van der Waals surface area (Å²) in [6, 6.07) is 7.84. The molecule has 0 radical (unpaired) electrons. The van der Waals surface area contributed by atoms with E-state index in [1.54, 1.807) is 6.26 Å². The maximum Gasteiger partial charge on any atom is 0.306 e. The number of alkyl halides is 1. The Hall–Kier alpha value is -1.92. The third-order valence-corrected chi connectivity index (χ3v) is 6.38. The highest BCUT2D eigenvalue weighted by Crippen LogP contribution is 2.39. The standard InChI is InChI=1S/C20H20ClNO4S/c21-9-3-6-18(23)26-12-7-8-13-16(10-12)25-11-14(19(13)24)20-22-15-4-1-2-5-17(15)27-20/h1-2,4-5,11-13,16H,3,6-10H2. The molecule has 2 heterocycles. The largest absolute Gasteiger partial charge is 0.496 e. The van der Waals surface area contributed by atoms with E-state index in [4.69, 9.17) is 21.1 Å². The first-order chi connectivity index (χ1) is 13.2. The molecule has 0 bridgehead atoms. The molecule has 2 aromatic rings. The van der Waals surface area contributed by atoms with Crippen LogP contribution in [0.3, 0.4) is 0 Å². The Morgan fingerprint density at radius 3 is 3.00 bits per heavy atom. The van der Waals surface area contributed by atoms with Gasteiger partial charge in [-0.25, -0.2) is 4.98 Å². The van der Waals surface area contributed by atoms with E-state index in [1.165, 1.54) is 11.3 Å². The Morgan fingerprint density at radius 1 is 1.33 bits per heavy atom. The summed E-state index contributed by atoms with van der Waals surface area (Å²) in [5, 5.41) is 0.703. The summed E-state index contributed by atoms with van der Waals surface area (Å²) in [7, 11) is 0. The molecule has 0 spiro atoms. The molecule has 1 aromatic carbocycles. The lowest BCUT2D eigenvalue weighted by atomic mass is 9.79. The van der Waals surface area contributed by atoms with Crippen molar-refractivity contribution < 1.29 is 19.1 Å². The number of carbonyl (C=O) groups excluding carboxylic acids is 2. The topological polar surface area (TPSA) is 65.5 Å². The van der Waals surface area contributed by atoms with Crippen molar-refractivity contribution in [2.24, 2.45) is 5.92 Å². The van der Waals surface area contributed by atoms with Crippen LogP contribution in [0.4, 0.5) is 0 Å². The molecular weight excluding hydrogens is 386 g/mol. The number of aromatic nitrogens is 1. The molecule has 27 heavy (non-hydrogen) atoms. The number of Topliss-reactive ketones (excluding diaryl/α,β-unsaturated/α-hetero) is 1. The minimum Gasteiger partial charge on any atom is -0.496 e. The van der Waals surface area contributed by atoms with E-state index in [0.29, 0.717) is 48.6 Å². The number of hydrogen-bond acceptors (Lipinski definition) is 6. The zero-order chi connectivity index (χ0) is 18.8. The molecule has 5 nitrogen and oxygen atoms in total. The summed E-state index contributed by atoms with van der Waals surface area (Å²) in [5.74, 6) is 0.0977. The molecule has 1 saturated carbocycles. The van der Waals surface area contributed by atoms with Crippen LogP contribution in [-0.2, 0) is 19.1 Å². The lowest BCUT2D eigenvalue weighted by molar-refractivity contribution is -0.154. The van der Waals surface area contributed by atoms with Crippen molar-refractivity contribution in [3.8, 4) is 0 Å². The van der Waals surface area contributed by atoms with E-state index in [9.17, 15) is 9.59 Å². The van der Waals surface area contributed by atoms with Crippen LogP contribution in [0.15, 0.2) is 30.5 Å². The fraction of sp³-hybridized carbons (Fsp3) is 0.450. The van der Waals surface area contributed by atoms with Gasteiger partial charge >= 0.3 is 5.97 Å². The highest BCUT2D eigenvalue weighted by molar-refractivity contribution is 7.19. The molecule has 0 saturated heterocycles. The number of thiazole rings is 1. The monoisotopic (exact) mass is 405 g/mol. The molecule has 3 unspecified atom stereocenters. The minimum absolute atomic E-state index is 0.0808. The van der Waals surface area contributed by atoms with Gasteiger partial charge in [0.2, 0.25) is 0 Å². The van der Waals surface area contributed by atoms with Crippen LogP contribution in [0, 0.1) is 5.92 Å². The van der Waals surface area contributed by atoms with Gasteiger partial charge < -0.3 is 9.47 Å². The lowest BCUT2D eigenvalue weighted by Crippen LogP contribution is -2.41.